The van der Waals surface area contributed by atoms with Gasteiger partial charge >= 0.3 is 0 Å². The van der Waals surface area contributed by atoms with Crippen molar-refractivity contribution in [2.24, 2.45) is 0 Å². The molecule has 94 valence electrons. The van der Waals surface area contributed by atoms with Crippen molar-refractivity contribution in [3.63, 3.8) is 0 Å². The smallest absolute Gasteiger partial charge is 0.123 e. The maximum absolute atomic E-state index is 12.9. The molecule has 1 atom stereocenters. The molecule has 0 saturated carbocycles. The fourth-order valence-corrected chi connectivity index (χ4v) is 2.30. The third kappa shape index (κ3) is 3.53. The van der Waals surface area contributed by atoms with Gasteiger partial charge in [-0.1, -0.05) is 12.1 Å². The molecule has 1 heterocycles. The number of aromatic nitrogens is 1. The van der Waals surface area contributed by atoms with Gasteiger partial charge in [-0.05, 0) is 52.2 Å². The van der Waals surface area contributed by atoms with Crippen LogP contribution in [0.2, 0.25) is 0 Å². The van der Waals surface area contributed by atoms with Crippen LogP contribution in [0.4, 0.5) is 4.39 Å². The van der Waals surface area contributed by atoms with Crippen LogP contribution in [-0.2, 0) is 6.42 Å². The third-order valence-electron chi connectivity index (χ3n) is 2.77. The van der Waals surface area contributed by atoms with Crippen LogP contribution in [0.1, 0.15) is 17.2 Å². The average molecular weight is 329 g/mol. The van der Waals surface area contributed by atoms with Crippen molar-refractivity contribution in [2.45, 2.75) is 12.3 Å². The molecule has 0 fully saturated rings. The van der Waals surface area contributed by atoms with Gasteiger partial charge in [-0.3, -0.25) is 4.98 Å². The summed E-state index contributed by atoms with van der Waals surface area (Å²) in [7, 11) is 0. The fourth-order valence-electron chi connectivity index (χ4n) is 1.78. The second-order valence-corrected chi connectivity index (χ2v) is 5.30. The molecule has 0 aliphatic rings. The lowest BCUT2D eigenvalue weighted by Crippen LogP contribution is -2.06. The Kier molecular flexibility index (Phi) is 4.72. The summed E-state index contributed by atoms with van der Waals surface area (Å²) < 4.78 is 13.8. The lowest BCUT2D eigenvalue weighted by molar-refractivity contribution is 0.625. The van der Waals surface area contributed by atoms with E-state index in [9.17, 15) is 4.39 Å². The van der Waals surface area contributed by atoms with Gasteiger partial charge in [0.05, 0.1) is 0 Å². The molecule has 2 aromatic rings. The average Bonchev–Trinajstić information content (AvgIpc) is 2.39. The number of hydrogen-bond donors (Lipinski definition) is 0. The van der Waals surface area contributed by atoms with E-state index in [0.717, 1.165) is 22.2 Å². The minimum absolute atomic E-state index is 0.154. The Hall–Kier alpha value is -0.930. The molecule has 0 aliphatic carbocycles. The van der Waals surface area contributed by atoms with Crippen LogP contribution in [0, 0.1) is 5.82 Å². The summed E-state index contributed by atoms with van der Waals surface area (Å²) in [5.74, 6) is 0.415. The van der Waals surface area contributed by atoms with Crippen molar-refractivity contribution < 1.29 is 4.39 Å². The second-order valence-electron chi connectivity index (χ2n) is 4.07. The molecule has 0 radical (unpaired) electrons. The summed E-state index contributed by atoms with van der Waals surface area (Å²) in [6.07, 6.45) is 2.52. The van der Waals surface area contributed by atoms with Gasteiger partial charge in [-0.25, -0.2) is 4.39 Å². The molecule has 1 aromatic heterocycles. The van der Waals surface area contributed by atoms with E-state index in [1.54, 1.807) is 18.3 Å². The molecule has 0 amide bonds. The van der Waals surface area contributed by atoms with Gasteiger partial charge in [0.25, 0.3) is 0 Å². The predicted octanol–water partition coefficient (Wildman–Crippen LogP) is 4.55. The van der Waals surface area contributed by atoms with Crippen LogP contribution in [-0.4, -0.2) is 10.9 Å². The van der Waals surface area contributed by atoms with Crippen LogP contribution in [0.25, 0.3) is 0 Å². The van der Waals surface area contributed by atoms with E-state index in [0.29, 0.717) is 5.88 Å². The maximum atomic E-state index is 12.9. The first-order valence-corrected chi connectivity index (χ1v) is 6.93. The number of hydrogen-bond acceptors (Lipinski definition) is 1. The Balaban J connectivity index is 2.14. The summed E-state index contributed by atoms with van der Waals surface area (Å²) in [6, 6.07) is 10.4. The Labute approximate surface area is 119 Å². The molecule has 0 bridgehead atoms. The normalized spacial score (nSPS) is 12.4. The van der Waals surface area contributed by atoms with E-state index in [4.69, 9.17) is 11.6 Å². The van der Waals surface area contributed by atoms with E-state index >= 15 is 0 Å². The molecule has 18 heavy (non-hydrogen) atoms. The zero-order chi connectivity index (χ0) is 13.0. The molecule has 1 aromatic carbocycles. The summed E-state index contributed by atoms with van der Waals surface area (Å²) in [5.41, 5.74) is 2.02. The number of halogens is 3. The highest BCUT2D eigenvalue weighted by atomic mass is 79.9. The fraction of sp³-hybridized carbons (Fsp3) is 0.214. The van der Waals surface area contributed by atoms with Crippen molar-refractivity contribution in [1.82, 2.24) is 4.98 Å². The van der Waals surface area contributed by atoms with Crippen LogP contribution < -0.4 is 0 Å². The zero-order valence-corrected chi connectivity index (χ0v) is 12.0. The molecule has 0 N–H and O–H groups in total. The van der Waals surface area contributed by atoms with Gasteiger partial charge < -0.3 is 0 Å². The molecule has 4 heteroatoms. The lowest BCUT2D eigenvalue weighted by Gasteiger charge is -2.13. The van der Waals surface area contributed by atoms with Crippen molar-refractivity contribution in [1.29, 1.82) is 0 Å². The van der Waals surface area contributed by atoms with E-state index in [-0.39, 0.29) is 11.7 Å². The molecular formula is C14H12BrClFN. The van der Waals surface area contributed by atoms with Crippen LogP contribution in [0.3, 0.4) is 0 Å². The number of nitrogens with zero attached hydrogens (tertiary/aromatic N) is 1. The number of rotatable bonds is 4. The Morgan fingerprint density at radius 2 is 1.89 bits per heavy atom. The minimum atomic E-state index is -0.228. The summed E-state index contributed by atoms with van der Waals surface area (Å²) in [6.45, 7) is 0. The first-order valence-electron chi connectivity index (χ1n) is 5.61. The van der Waals surface area contributed by atoms with Gasteiger partial charge in [0.2, 0.25) is 0 Å². The molecule has 0 aliphatic heterocycles. The van der Waals surface area contributed by atoms with Crippen molar-refractivity contribution in [3.05, 3.63) is 64.1 Å². The van der Waals surface area contributed by atoms with E-state index in [1.165, 1.54) is 12.1 Å². The van der Waals surface area contributed by atoms with Crippen LogP contribution in [0.15, 0.2) is 47.1 Å². The Morgan fingerprint density at radius 1 is 1.17 bits per heavy atom. The number of pyridine rings is 1. The highest BCUT2D eigenvalue weighted by Crippen LogP contribution is 2.22. The first-order chi connectivity index (χ1) is 8.69. The number of alkyl halides is 1. The summed E-state index contributed by atoms with van der Waals surface area (Å²) >= 11 is 9.34. The van der Waals surface area contributed by atoms with E-state index < -0.39 is 0 Å². The number of benzene rings is 1. The van der Waals surface area contributed by atoms with E-state index in [2.05, 4.69) is 20.9 Å². The lowest BCUT2D eigenvalue weighted by atomic mass is 9.96. The standard InChI is InChI=1S/C14H12BrClFN/c15-12-3-6-14(18-9-12)7-11(8-16)10-1-4-13(17)5-2-10/h1-6,9,11H,7-8H2. The highest BCUT2D eigenvalue weighted by molar-refractivity contribution is 9.10. The maximum Gasteiger partial charge on any atom is 0.123 e. The highest BCUT2D eigenvalue weighted by Gasteiger charge is 2.12. The summed E-state index contributed by atoms with van der Waals surface area (Å²) in [5, 5.41) is 0. The van der Waals surface area contributed by atoms with Crippen molar-refractivity contribution in [2.75, 3.05) is 5.88 Å². The zero-order valence-electron chi connectivity index (χ0n) is 9.61. The SMILES string of the molecule is Fc1ccc(C(CCl)Cc2ccc(Br)cn2)cc1. The molecule has 2 rings (SSSR count). The molecule has 0 spiro atoms. The van der Waals surface area contributed by atoms with Gasteiger partial charge in [0.1, 0.15) is 5.82 Å². The van der Waals surface area contributed by atoms with E-state index in [1.807, 2.05) is 12.1 Å². The molecule has 0 saturated heterocycles. The van der Waals surface area contributed by atoms with Crippen LogP contribution >= 0.6 is 27.5 Å². The molecular weight excluding hydrogens is 317 g/mol. The molecule has 1 nitrogen and oxygen atoms in total. The van der Waals surface area contributed by atoms with Crippen molar-refractivity contribution in [3.8, 4) is 0 Å². The monoisotopic (exact) mass is 327 g/mol. The Bertz CT molecular complexity index is 498. The quantitative estimate of drug-likeness (QED) is 0.750. The minimum Gasteiger partial charge on any atom is -0.260 e. The van der Waals surface area contributed by atoms with Gasteiger partial charge in [-0.2, -0.15) is 0 Å². The van der Waals surface area contributed by atoms with Gasteiger partial charge in [0, 0.05) is 28.2 Å². The largest absolute Gasteiger partial charge is 0.260 e. The van der Waals surface area contributed by atoms with Gasteiger partial charge in [0.15, 0.2) is 0 Å². The summed E-state index contributed by atoms with van der Waals surface area (Å²) in [4.78, 5) is 4.33. The topological polar surface area (TPSA) is 12.9 Å². The van der Waals surface area contributed by atoms with Crippen LogP contribution in [0.5, 0.6) is 0 Å². The second kappa shape index (κ2) is 6.30. The van der Waals surface area contributed by atoms with Crippen molar-refractivity contribution >= 4 is 27.5 Å². The third-order valence-corrected chi connectivity index (χ3v) is 3.61. The van der Waals surface area contributed by atoms with Gasteiger partial charge in [-0.15, -0.1) is 11.6 Å². The Morgan fingerprint density at radius 3 is 2.44 bits per heavy atom. The predicted molar refractivity (Wildman–Crippen MR) is 75.5 cm³/mol. The first kappa shape index (κ1) is 13.5. The molecule has 1 unspecified atom stereocenters.